The van der Waals surface area contributed by atoms with E-state index in [0.717, 1.165) is 21.6 Å². The monoisotopic (exact) mass is 391 g/mol. The van der Waals surface area contributed by atoms with Crippen molar-refractivity contribution >= 4 is 28.1 Å². The summed E-state index contributed by atoms with van der Waals surface area (Å²) in [5.41, 5.74) is 1.54. The van der Waals surface area contributed by atoms with Crippen molar-refractivity contribution in [3.8, 4) is 11.3 Å². The molecule has 1 heterocycles. The first-order chi connectivity index (χ1) is 11.3. The Hall–Kier alpha value is -2.08. The molecule has 2 rings (SSSR count). The van der Waals surface area contributed by atoms with Crippen molar-refractivity contribution in [1.29, 1.82) is 0 Å². The zero-order valence-electron chi connectivity index (χ0n) is 14.1. The van der Waals surface area contributed by atoms with Crippen LogP contribution in [0.2, 0.25) is 0 Å². The van der Waals surface area contributed by atoms with Crippen LogP contribution in [0.4, 0.5) is 4.79 Å². The second-order valence-corrected chi connectivity index (χ2v) is 7.14. The minimum atomic E-state index is -0.476. The van der Waals surface area contributed by atoms with Crippen LogP contribution in [0.25, 0.3) is 17.3 Å². The zero-order chi connectivity index (χ0) is 17.6. The lowest BCUT2D eigenvalue weighted by atomic mass is 10.2. The van der Waals surface area contributed by atoms with E-state index in [0.29, 0.717) is 13.0 Å². The molecule has 2 N–H and O–H groups in total. The molecule has 0 saturated carbocycles. The summed E-state index contributed by atoms with van der Waals surface area (Å²) in [6.45, 7) is 6.04. The molecular formula is C18H22BrN3O2. The van der Waals surface area contributed by atoms with Crippen LogP contribution in [0.5, 0.6) is 0 Å². The van der Waals surface area contributed by atoms with Crippen LogP contribution in [-0.4, -0.2) is 28.2 Å². The number of halogens is 1. The number of aromatic amines is 1. The predicted molar refractivity (Wildman–Crippen MR) is 99.6 cm³/mol. The summed E-state index contributed by atoms with van der Waals surface area (Å²) in [5.74, 6) is 0.776. The fraction of sp³-hybridized carbons (Fsp3) is 0.333. The number of imidazole rings is 1. The van der Waals surface area contributed by atoms with Gasteiger partial charge in [-0.2, -0.15) is 0 Å². The van der Waals surface area contributed by atoms with Gasteiger partial charge in [0.1, 0.15) is 11.4 Å². The molecule has 0 unspecified atom stereocenters. The Kier molecular flexibility index (Phi) is 6.20. The fourth-order valence-corrected chi connectivity index (χ4v) is 2.50. The average molecular weight is 392 g/mol. The molecule has 2 aromatic rings. The third kappa shape index (κ3) is 5.85. The maximum atomic E-state index is 11.5. The van der Waals surface area contributed by atoms with Gasteiger partial charge in [0, 0.05) is 16.6 Å². The number of alkyl carbamates (subject to hydrolysis) is 1. The molecule has 5 nitrogen and oxygen atoms in total. The van der Waals surface area contributed by atoms with Crippen LogP contribution in [0, 0.1) is 0 Å². The minimum absolute atomic E-state index is 0.398. The van der Waals surface area contributed by atoms with E-state index < -0.39 is 11.7 Å². The summed E-state index contributed by atoms with van der Waals surface area (Å²) >= 11 is 3.53. The van der Waals surface area contributed by atoms with E-state index in [-0.39, 0.29) is 0 Å². The first kappa shape index (κ1) is 18.3. The summed E-state index contributed by atoms with van der Waals surface area (Å²) in [7, 11) is 0. The van der Waals surface area contributed by atoms with Gasteiger partial charge in [0.15, 0.2) is 0 Å². The van der Waals surface area contributed by atoms with Crippen molar-refractivity contribution in [2.24, 2.45) is 0 Å². The van der Waals surface area contributed by atoms with Crippen LogP contribution >= 0.6 is 15.9 Å². The maximum Gasteiger partial charge on any atom is 0.407 e. The van der Waals surface area contributed by atoms with Crippen molar-refractivity contribution in [2.45, 2.75) is 32.8 Å². The summed E-state index contributed by atoms with van der Waals surface area (Å²) in [5, 5.41) is 2.71. The highest BCUT2D eigenvalue weighted by Crippen LogP contribution is 2.26. The molecule has 0 bridgehead atoms. The largest absolute Gasteiger partial charge is 0.444 e. The van der Waals surface area contributed by atoms with Crippen molar-refractivity contribution < 1.29 is 9.53 Å². The fourth-order valence-electron chi connectivity index (χ4n) is 2.00. The van der Waals surface area contributed by atoms with E-state index in [9.17, 15) is 4.79 Å². The molecular weight excluding hydrogens is 370 g/mol. The van der Waals surface area contributed by atoms with Crippen LogP contribution < -0.4 is 5.32 Å². The van der Waals surface area contributed by atoms with E-state index in [2.05, 4.69) is 31.2 Å². The summed E-state index contributed by atoms with van der Waals surface area (Å²) in [6.07, 6.45) is 5.96. The molecule has 128 valence electrons. The third-order valence-corrected chi connectivity index (χ3v) is 3.71. The van der Waals surface area contributed by atoms with E-state index >= 15 is 0 Å². The van der Waals surface area contributed by atoms with Gasteiger partial charge in [-0.1, -0.05) is 40.2 Å². The Morgan fingerprint density at radius 2 is 2.12 bits per heavy atom. The zero-order valence-corrected chi connectivity index (χ0v) is 15.7. The molecule has 0 spiro atoms. The van der Waals surface area contributed by atoms with Crippen molar-refractivity contribution in [2.75, 3.05) is 6.54 Å². The lowest BCUT2D eigenvalue weighted by molar-refractivity contribution is 0.0529. The first-order valence-electron chi connectivity index (χ1n) is 7.78. The Morgan fingerprint density at radius 3 is 2.83 bits per heavy atom. The van der Waals surface area contributed by atoms with Gasteiger partial charge in [-0.3, -0.25) is 0 Å². The van der Waals surface area contributed by atoms with Gasteiger partial charge in [-0.05, 0) is 39.3 Å². The van der Waals surface area contributed by atoms with E-state index in [1.165, 1.54) is 0 Å². The molecule has 0 radical (unpaired) electrons. The molecule has 0 fully saturated rings. The number of rotatable bonds is 5. The molecule has 1 aromatic carbocycles. The summed E-state index contributed by atoms with van der Waals surface area (Å²) < 4.78 is 6.19. The molecule has 0 aliphatic heterocycles. The lowest BCUT2D eigenvalue weighted by Gasteiger charge is -2.19. The number of hydrogen-bond donors (Lipinski definition) is 2. The number of ether oxygens (including phenoxy) is 1. The molecule has 1 aromatic heterocycles. The standard InChI is InChI=1S/C18H22BrN3O2/c1-18(2,3)24-17(23)20-11-7-6-10-16-21-12-15(22-16)13-8-4-5-9-14(13)19/h4-6,8-10,12H,7,11H2,1-3H3,(H,20,23)(H,21,22). The van der Waals surface area contributed by atoms with Gasteiger partial charge < -0.3 is 15.0 Å². The number of nitrogens with zero attached hydrogens (tertiary/aromatic N) is 1. The van der Waals surface area contributed by atoms with Gasteiger partial charge in [0.05, 0.1) is 11.9 Å². The highest BCUT2D eigenvalue weighted by molar-refractivity contribution is 9.10. The van der Waals surface area contributed by atoms with Crippen molar-refractivity contribution in [3.05, 3.63) is 46.8 Å². The second-order valence-electron chi connectivity index (χ2n) is 6.28. The molecule has 1 amide bonds. The number of hydrogen-bond acceptors (Lipinski definition) is 3. The smallest absolute Gasteiger partial charge is 0.407 e. The van der Waals surface area contributed by atoms with Crippen LogP contribution in [0.15, 0.2) is 41.0 Å². The van der Waals surface area contributed by atoms with Crippen LogP contribution in [-0.2, 0) is 4.74 Å². The number of benzene rings is 1. The van der Waals surface area contributed by atoms with Crippen molar-refractivity contribution in [3.63, 3.8) is 0 Å². The highest BCUT2D eigenvalue weighted by atomic mass is 79.9. The number of aromatic nitrogens is 2. The van der Waals surface area contributed by atoms with E-state index in [4.69, 9.17) is 4.74 Å². The average Bonchev–Trinajstić information content (AvgIpc) is 2.94. The number of nitrogens with one attached hydrogen (secondary N) is 2. The maximum absolute atomic E-state index is 11.5. The number of amides is 1. The Labute approximate surface area is 150 Å². The quantitative estimate of drug-likeness (QED) is 0.721. The van der Waals surface area contributed by atoms with E-state index in [1.807, 2.05) is 57.2 Å². The number of carbonyl (C=O) groups is 1. The first-order valence-corrected chi connectivity index (χ1v) is 8.58. The van der Waals surface area contributed by atoms with Crippen LogP contribution in [0.1, 0.15) is 33.0 Å². The van der Waals surface area contributed by atoms with Gasteiger partial charge in [0.25, 0.3) is 0 Å². The van der Waals surface area contributed by atoms with Crippen molar-refractivity contribution in [1.82, 2.24) is 15.3 Å². The SMILES string of the molecule is CC(C)(C)OC(=O)NCCC=Cc1ncc(-c2ccccc2Br)[nH]1. The molecule has 0 aliphatic rings. The Balaban J connectivity index is 1.82. The Morgan fingerprint density at radius 1 is 1.38 bits per heavy atom. The molecule has 0 aliphatic carbocycles. The second kappa shape index (κ2) is 8.15. The normalized spacial score (nSPS) is 11.7. The van der Waals surface area contributed by atoms with E-state index in [1.54, 1.807) is 6.20 Å². The molecule has 0 atom stereocenters. The summed E-state index contributed by atoms with van der Waals surface area (Å²) in [4.78, 5) is 19.1. The molecule has 0 saturated heterocycles. The molecule has 6 heteroatoms. The predicted octanol–water partition coefficient (Wildman–Crippen LogP) is 4.77. The third-order valence-electron chi connectivity index (χ3n) is 3.01. The Bertz CT molecular complexity index is 717. The summed E-state index contributed by atoms with van der Waals surface area (Å²) in [6, 6.07) is 7.98. The van der Waals surface area contributed by atoms with Gasteiger partial charge >= 0.3 is 6.09 Å². The topological polar surface area (TPSA) is 67.0 Å². The number of carbonyl (C=O) groups excluding carboxylic acids is 1. The number of H-pyrrole nitrogens is 1. The highest BCUT2D eigenvalue weighted by Gasteiger charge is 2.15. The molecule has 24 heavy (non-hydrogen) atoms. The van der Waals surface area contributed by atoms with Crippen LogP contribution in [0.3, 0.4) is 0 Å². The van der Waals surface area contributed by atoms with Gasteiger partial charge in [-0.15, -0.1) is 0 Å². The van der Waals surface area contributed by atoms with Gasteiger partial charge in [0.2, 0.25) is 0 Å². The minimum Gasteiger partial charge on any atom is -0.444 e. The van der Waals surface area contributed by atoms with Gasteiger partial charge in [-0.25, -0.2) is 9.78 Å². The lowest BCUT2D eigenvalue weighted by Crippen LogP contribution is -2.32.